The number of fused-ring (bicyclic) bond motifs is 1. The largest absolute Gasteiger partial charge is 0.454 e. The first-order valence-corrected chi connectivity index (χ1v) is 9.93. The standard InChI is InChI=1S/C21H26N4O3/c1-3-16-6-4-5-9-25(16)20-11-17(23-14(2)24-20)21(26)22-12-15-7-8-18-19(10-15)28-13-27-18/h7-8,10-11,16H,3-6,9,12-13H2,1-2H3,(H,22,26). The lowest BCUT2D eigenvalue weighted by molar-refractivity contribution is 0.0945. The van der Waals surface area contributed by atoms with Gasteiger partial charge < -0.3 is 19.7 Å². The lowest BCUT2D eigenvalue weighted by Crippen LogP contribution is -2.40. The zero-order valence-electron chi connectivity index (χ0n) is 16.4. The van der Waals surface area contributed by atoms with Crippen molar-refractivity contribution in [3.8, 4) is 11.5 Å². The minimum atomic E-state index is -0.200. The second kappa shape index (κ2) is 8.04. The van der Waals surface area contributed by atoms with Crippen LogP contribution in [0.25, 0.3) is 0 Å². The molecule has 148 valence electrons. The average Bonchev–Trinajstić information content (AvgIpc) is 3.19. The van der Waals surface area contributed by atoms with Gasteiger partial charge in [0.1, 0.15) is 17.3 Å². The first kappa shape index (κ1) is 18.5. The van der Waals surface area contributed by atoms with Crippen molar-refractivity contribution in [1.29, 1.82) is 0 Å². The van der Waals surface area contributed by atoms with Gasteiger partial charge in [0, 0.05) is 25.2 Å². The van der Waals surface area contributed by atoms with Crippen LogP contribution >= 0.6 is 0 Å². The maximum Gasteiger partial charge on any atom is 0.270 e. The van der Waals surface area contributed by atoms with E-state index in [1.165, 1.54) is 12.8 Å². The van der Waals surface area contributed by atoms with E-state index >= 15 is 0 Å². The van der Waals surface area contributed by atoms with E-state index in [1.807, 2.05) is 31.2 Å². The smallest absolute Gasteiger partial charge is 0.270 e. The molecule has 7 nitrogen and oxygen atoms in total. The van der Waals surface area contributed by atoms with Gasteiger partial charge in [-0.2, -0.15) is 0 Å². The van der Waals surface area contributed by atoms with Crippen molar-refractivity contribution in [2.45, 2.75) is 52.1 Å². The summed E-state index contributed by atoms with van der Waals surface area (Å²) in [6.45, 7) is 5.66. The number of rotatable bonds is 5. The number of benzene rings is 1. The van der Waals surface area contributed by atoms with E-state index < -0.39 is 0 Å². The van der Waals surface area contributed by atoms with E-state index in [9.17, 15) is 4.79 Å². The molecule has 3 heterocycles. The van der Waals surface area contributed by atoms with Gasteiger partial charge in [0.15, 0.2) is 11.5 Å². The summed E-state index contributed by atoms with van der Waals surface area (Å²) < 4.78 is 10.7. The lowest BCUT2D eigenvalue weighted by Gasteiger charge is -2.36. The molecule has 2 aliphatic heterocycles. The maximum atomic E-state index is 12.7. The monoisotopic (exact) mass is 382 g/mol. The molecule has 0 aliphatic carbocycles. The molecular formula is C21H26N4O3. The van der Waals surface area contributed by atoms with E-state index in [0.717, 1.165) is 36.5 Å². The van der Waals surface area contributed by atoms with E-state index in [-0.39, 0.29) is 12.7 Å². The number of aryl methyl sites for hydroxylation is 1. The molecule has 0 saturated carbocycles. The summed E-state index contributed by atoms with van der Waals surface area (Å²) in [5, 5.41) is 2.94. The van der Waals surface area contributed by atoms with Gasteiger partial charge in [0.25, 0.3) is 5.91 Å². The number of hydrogen-bond acceptors (Lipinski definition) is 6. The summed E-state index contributed by atoms with van der Waals surface area (Å²) in [6.07, 6.45) is 4.66. The molecule has 0 spiro atoms. The molecule has 2 aliphatic rings. The summed E-state index contributed by atoms with van der Waals surface area (Å²) in [6, 6.07) is 7.96. The van der Waals surface area contributed by atoms with Gasteiger partial charge in [0.2, 0.25) is 6.79 Å². The lowest BCUT2D eigenvalue weighted by atomic mass is 10.00. The van der Waals surface area contributed by atoms with Crippen molar-refractivity contribution in [2.75, 3.05) is 18.2 Å². The summed E-state index contributed by atoms with van der Waals surface area (Å²) in [5.41, 5.74) is 1.36. The number of amides is 1. The molecule has 0 radical (unpaired) electrons. The zero-order chi connectivity index (χ0) is 19.5. The van der Waals surface area contributed by atoms with Gasteiger partial charge in [-0.3, -0.25) is 4.79 Å². The third-order valence-corrected chi connectivity index (χ3v) is 5.34. The van der Waals surface area contributed by atoms with Crippen LogP contribution < -0.4 is 19.7 Å². The number of piperidine rings is 1. The van der Waals surface area contributed by atoms with E-state index in [0.29, 0.717) is 29.9 Å². The van der Waals surface area contributed by atoms with Crippen LogP contribution in [0.1, 0.15) is 54.5 Å². The van der Waals surface area contributed by atoms with Crippen molar-refractivity contribution in [3.63, 3.8) is 0 Å². The molecule has 1 saturated heterocycles. The summed E-state index contributed by atoms with van der Waals surface area (Å²) in [4.78, 5) is 24.0. The van der Waals surface area contributed by atoms with Crippen LogP contribution in [0.15, 0.2) is 24.3 Å². The number of carbonyl (C=O) groups excluding carboxylic acids is 1. The van der Waals surface area contributed by atoms with E-state index in [2.05, 4.69) is 27.1 Å². The van der Waals surface area contributed by atoms with Crippen LogP contribution in [0, 0.1) is 6.92 Å². The van der Waals surface area contributed by atoms with Crippen LogP contribution in [0.5, 0.6) is 11.5 Å². The summed E-state index contributed by atoms with van der Waals surface area (Å²) in [5.74, 6) is 2.72. The Morgan fingerprint density at radius 1 is 1.21 bits per heavy atom. The number of nitrogens with one attached hydrogen (secondary N) is 1. The van der Waals surface area contributed by atoms with Gasteiger partial charge in [-0.05, 0) is 50.3 Å². The zero-order valence-corrected chi connectivity index (χ0v) is 16.4. The first-order chi connectivity index (χ1) is 13.6. The van der Waals surface area contributed by atoms with Crippen LogP contribution in [0.3, 0.4) is 0 Å². The fourth-order valence-electron chi connectivity index (χ4n) is 3.87. The Morgan fingerprint density at radius 2 is 2.07 bits per heavy atom. The Kier molecular flexibility index (Phi) is 5.32. The Balaban J connectivity index is 1.47. The van der Waals surface area contributed by atoms with Crippen LogP contribution in [0.4, 0.5) is 5.82 Å². The van der Waals surface area contributed by atoms with Gasteiger partial charge in [-0.15, -0.1) is 0 Å². The molecule has 1 amide bonds. The number of nitrogens with zero attached hydrogens (tertiary/aromatic N) is 3. The summed E-state index contributed by atoms with van der Waals surface area (Å²) >= 11 is 0. The SMILES string of the molecule is CCC1CCCCN1c1cc(C(=O)NCc2ccc3c(c2)OCO3)nc(C)n1. The molecule has 2 aromatic rings. The third kappa shape index (κ3) is 3.88. The highest BCUT2D eigenvalue weighted by atomic mass is 16.7. The van der Waals surface area contributed by atoms with Crippen molar-refractivity contribution >= 4 is 11.7 Å². The fraction of sp³-hybridized carbons (Fsp3) is 0.476. The molecule has 1 N–H and O–H groups in total. The molecule has 1 aromatic heterocycles. The topological polar surface area (TPSA) is 76.6 Å². The molecule has 1 unspecified atom stereocenters. The van der Waals surface area contributed by atoms with Crippen LogP contribution in [0.2, 0.25) is 0 Å². The highest BCUT2D eigenvalue weighted by Gasteiger charge is 2.23. The van der Waals surface area contributed by atoms with Crippen molar-refractivity contribution in [1.82, 2.24) is 15.3 Å². The molecular weight excluding hydrogens is 356 g/mol. The number of hydrogen-bond donors (Lipinski definition) is 1. The highest BCUT2D eigenvalue weighted by Crippen LogP contribution is 2.32. The molecule has 1 aromatic carbocycles. The van der Waals surface area contributed by atoms with Gasteiger partial charge in [-0.1, -0.05) is 13.0 Å². The molecule has 4 rings (SSSR count). The van der Waals surface area contributed by atoms with E-state index in [1.54, 1.807) is 0 Å². The highest BCUT2D eigenvalue weighted by molar-refractivity contribution is 5.93. The Hall–Kier alpha value is -2.83. The molecule has 7 heteroatoms. The Bertz CT molecular complexity index is 871. The second-order valence-electron chi connectivity index (χ2n) is 7.28. The number of ether oxygens (including phenoxy) is 2. The quantitative estimate of drug-likeness (QED) is 0.856. The molecule has 1 atom stereocenters. The molecule has 0 bridgehead atoms. The molecule has 28 heavy (non-hydrogen) atoms. The minimum absolute atomic E-state index is 0.200. The first-order valence-electron chi connectivity index (χ1n) is 9.93. The molecule has 1 fully saturated rings. The predicted octanol–water partition coefficient (Wildman–Crippen LogP) is 3.21. The predicted molar refractivity (Wildman–Crippen MR) is 106 cm³/mol. The summed E-state index contributed by atoms with van der Waals surface area (Å²) in [7, 11) is 0. The minimum Gasteiger partial charge on any atom is -0.454 e. The second-order valence-corrected chi connectivity index (χ2v) is 7.28. The van der Waals surface area contributed by atoms with Gasteiger partial charge in [0.05, 0.1) is 0 Å². The van der Waals surface area contributed by atoms with Gasteiger partial charge >= 0.3 is 0 Å². The van der Waals surface area contributed by atoms with Gasteiger partial charge in [-0.25, -0.2) is 9.97 Å². The number of anilines is 1. The van der Waals surface area contributed by atoms with Crippen LogP contribution in [-0.2, 0) is 6.54 Å². The Labute approximate surface area is 165 Å². The normalized spacial score (nSPS) is 18.2. The fourth-order valence-corrected chi connectivity index (χ4v) is 3.87. The maximum absolute atomic E-state index is 12.7. The van der Waals surface area contributed by atoms with Crippen molar-refractivity contribution in [3.05, 3.63) is 41.3 Å². The van der Waals surface area contributed by atoms with Crippen molar-refractivity contribution in [2.24, 2.45) is 0 Å². The number of carbonyl (C=O) groups is 1. The van der Waals surface area contributed by atoms with Crippen LogP contribution in [-0.4, -0.2) is 35.3 Å². The van der Waals surface area contributed by atoms with E-state index in [4.69, 9.17) is 9.47 Å². The Morgan fingerprint density at radius 3 is 2.93 bits per heavy atom. The third-order valence-electron chi connectivity index (χ3n) is 5.34. The number of aromatic nitrogens is 2. The van der Waals surface area contributed by atoms with Crippen molar-refractivity contribution < 1.29 is 14.3 Å². The average molecular weight is 382 g/mol.